The summed E-state index contributed by atoms with van der Waals surface area (Å²) < 4.78 is 5.12. The molecule has 0 spiro atoms. The summed E-state index contributed by atoms with van der Waals surface area (Å²) in [5.74, 6) is -0.0520. The highest BCUT2D eigenvalue weighted by molar-refractivity contribution is 5.85. The van der Waals surface area contributed by atoms with Gasteiger partial charge in [-0.1, -0.05) is 29.8 Å². The van der Waals surface area contributed by atoms with Crippen LogP contribution in [0.3, 0.4) is 0 Å². The maximum Gasteiger partial charge on any atom is 0.223 e. The fourth-order valence-electron chi connectivity index (χ4n) is 1.98. The molecule has 20 heavy (non-hydrogen) atoms. The van der Waals surface area contributed by atoms with Crippen LogP contribution in [0.25, 0.3) is 0 Å². The molecule has 4 nitrogen and oxygen atoms in total. The molecule has 114 valence electrons. The first-order valence-electron chi connectivity index (χ1n) is 6.50. The predicted molar refractivity (Wildman–Crippen MR) is 84.1 cm³/mol. The number of hydrogen-bond acceptors (Lipinski definition) is 3. The van der Waals surface area contributed by atoms with Crippen LogP contribution in [0.2, 0.25) is 0 Å². The van der Waals surface area contributed by atoms with Crippen LogP contribution in [0.15, 0.2) is 24.3 Å². The van der Waals surface area contributed by atoms with Crippen LogP contribution in [-0.4, -0.2) is 25.7 Å². The lowest BCUT2D eigenvalue weighted by Crippen LogP contribution is -2.43. The molecule has 1 aromatic carbocycles. The summed E-state index contributed by atoms with van der Waals surface area (Å²) in [4.78, 5) is 12.0. The molecule has 0 heterocycles. The predicted octanol–water partition coefficient (Wildman–Crippen LogP) is 2.13. The topological polar surface area (TPSA) is 64.3 Å². The van der Waals surface area contributed by atoms with Crippen molar-refractivity contribution in [1.82, 2.24) is 5.32 Å². The van der Waals surface area contributed by atoms with Crippen molar-refractivity contribution < 1.29 is 9.53 Å². The number of carbonyl (C=O) groups excluding carboxylic acids is 1. The largest absolute Gasteiger partial charge is 0.380 e. The van der Waals surface area contributed by atoms with Crippen LogP contribution >= 0.6 is 12.4 Å². The van der Waals surface area contributed by atoms with Gasteiger partial charge in [-0.25, -0.2) is 0 Å². The van der Waals surface area contributed by atoms with Crippen molar-refractivity contribution in [2.45, 2.75) is 38.8 Å². The molecule has 1 rings (SSSR count). The SMILES string of the molecule is COC(CN)CC(=O)NC(C)(C)c1cccc(C)c1.Cl. The quantitative estimate of drug-likeness (QED) is 0.846. The molecule has 0 saturated heterocycles. The number of amides is 1. The maximum atomic E-state index is 12.0. The summed E-state index contributed by atoms with van der Waals surface area (Å²) >= 11 is 0. The van der Waals surface area contributed by atoms with Crippen LogP contribution in [0.1, 0.15) is 31.4 Å². The molecule has 0 saturated carbocycles. The Hall–Kier alpha value is -1.10. The normalized spacial score (nSPS) is 12.4. The van der Waals surface area contributed by atoms with E-state index in [-0.39, 0.29) is 30.8 Å². The minimum absolute atomic E-state index is 0. The van der Waals surface area contributed by atoms with E-state index in [4.69, 9.17) is 10.5 Å². The van der Waals surface area contributed by atoms with Crippen molar-refractivity contribution in [3.63, 3.8) is 0 Å². The molecule has 5 heteroatoms. The highest BCUT2D eigenvalue weighted by Gasteiger charge is 2.24. The number of hydrogen-bond donors (Lipinski definition) is 2. The van der Waals surface area contributed by atoms with Gasteiger partial charge in [-0.15, -0.1) is 12.4 Å². The smallest absolute Gasteiger partial charge is 0.223 e. The first-order valence-corrected chi connectivity index (χ1v) is 6.50. The highest BCUT2D eigenvalue weighted by Crippen LogP contribution is 2.21. The van der Waals surface area contributed by atoms with E-state index in [0.717, 1.165) is 5.56 Å². The molecule has 0 aliphatic carbocycles. The fourth-order valence-corrected chi connectivity index (χ4v) is 1.98. The van der Waals surface area contributed by atoms with Crippen molar-refractivity contribution in [2.24, 2.45) is 5.73 Å². The molecular weight excluding hydrogens is 276 g/mol. The zero-order chi connectivity index (χ0) is 14.5. The second-order valence-corrected chi connectivity index (χ2v) is 5.34. The zero-order valence-corrected chi connectivity index (χ0v) is 13.4. The molecule has 1 atom stereocenters. The van der Waals surface area contributed by atoms with Crippen LogP contribution in [0.4, 0.5) is 0 Å². The Morgan fingerprint density at radius 3 is 2.60 bits per heavy atom. The van der Waals surface area contributed by atoms with Gasteiger partial charge in [0.05, 0.1) is 18.1 Å². The minimum atomic E-state index is -0.407. The summed E-state index contributed by atoms with van der Waals surface area (Å²) in [5, 5.41) is 3.02. The average Bonchev–Trinajstić information content (AvgIpc) is 2.35. The maximum absolute atomic E-state index is 12.0. The number of nitrogens with one attached hydrogen (secondary N) is 1. The molecule has 1 unspecified atom stereocenters. The molecule has 0 radical (unpaired) electrons. The first-order chi connectivity index (χ1) is 8.89. The fraction of sp³-hybridized carbons (Fsp3) is 0.533. The lowest BCUT2D eigenvalue weighted by molar-refractivity contribution is -0.125. The van der Waals surface area contributed by atoms with Crippen molar-refractivity contribution in [3.05, 3.63) is 35.4 Å². The number of ether oxygens (including phenoxy) is 1. The third-order valence-corrected chi connectivity index (χ3v) is 3.20. The number of rotatable bonds is 6. The molecule has 1 amide bonds. The van der Waals surface area contributed by atoms with E-state index in [1.54, 1.807) is 7.11 Å². The monoisotopic (exact) mass is 300 g/mol. The zero-order valence-electron chi connectivity index (χ0n) is 12.6. The van der Waals surface area contributed by atoms with Gasteiger partial charge in [0.1, 0.15) is 0 Å². The number of halogens is 1. The summed E-state index contributed by atoms with van der Waals surface area (Å²) in [5.41, 5.74) is 7.38. The number of nitrogens with two attached hydrogens (primary N) is 1. The van der Waals surface area contributed by atoms with Gasteiger partial charge in [0.25, 0.3) is 0 Å². The Morgan fingerprint density at radius 2 is 2.10 bits per heavy atom. The molecule has 1 aromatic rings. The number of carbonyl (C=O) groups is 1. The van der Waals surface area contributed by atoms with Crippen molar-refractivity contribution in [2.75, 3.05) is 13.7 Å². The second-order valence-electron chi connectivity index (χ2n) is 5.34. The van der Waals surface area contributed by atoms with Gasteiger partial charge in [-0.05, 0) is 26.3 Å². The van der Waals surface area contributed by atoms with Gasteiger partial charge in [0.15, 0.2) is 0 Å². The Kier molecular flexibility index (Phi) is 7.79. The lowest BCUT2D eigenvalue weighted by Gasteiger charge is -2.28. The molecule has 0 fully saturated rings. The molecule has 0 bridgehead atoms. The summed E-state index contributed by atoms with van der Waals surface area (Å²) in [6.07, 6.45) is 0.0516. The van der Waals surface area contributed by atoms with Crippen LogP contribution in [0, 0.1) is 6.92 Å². The van der Waals surface area contributed by atoms with E-state index in [1.807, 2.05) is 39.0 Å². The second kappa shape index (κ2) is 8.25. The van der Waals surface area contributed by atoms with E-state index in [9.17, 15) is 4.79 Å². The van der Waals surface area contributed by atoms with E-state index < -0.39 is 5.54 Å². The minimum Gasteiger partial charge on any atom is -0.380 e. The van der Waals surface area contributed by atoms with Crippen molar-refractivity contribution in [3.8, 4) is 0 Å². The van der Waals surface area contributed by atoms with Crippen LogP contribution in [-0.2, 0) is 15.1 Å². The highest BCUT2D eigenvalue weighted by atomic mass is 35.5. The van der Waals surface area contributed by atoms with E-state index in [0.29, 0.717) is 6.54 Å². The van der Waals surface area contributed by atoms with Gasteiger partial charge in [0.2, 0.25) is 5.91 Å². The molecular formula is C15H25ClN2O2. The Morgan fingerprint density at radius 1 is 1.45 bits per heavy atom. The van der Waals surface area contributed by atoms with Crippen LogP contribution in [0.5, 0.6) is 0 Å². The summed E-state index contributed by atoms with van der Waals surface area (Å²) in [7, 11) is 1.57. The Labute approximate surface area is 127 Å². The molecule has 3 N–H and O–H groups in total. The summed E-state index contributed by atoms with van der Waals surface area (Å²) in [6, 6.07) is 8.13. The van der Waals surface area contributed by atoms with Gasteiger partial charge in [-0.2, -0.15) is 0 Å². The van der Waals surface area contributed by atoms with E-state index in [2.05, 4.69) is 11.4 Å². The number of aryl methyl sites for hydroxylation is 1. The van der Waals surface area contributed by atoms with Crippen LogP contribution < -0.4 is 11.1 Å². The first kappa shape index (κ1) is 18.9. The van der Waals surface area contributed by atoms with Gasteiger partial charge in [-0.3, -0.25) is 4.79 Å². The Bertz CT molecular complexity index is 432. The molecule has 0 aliphatic heterocycles. The third-order valence-electron chi connectivity index (χ3n) is 3.20. The van der Waals surface area contributed by atoms with Crippen molar-refractivity contribution >= 4 is 18.3 Å². The molecule has 0 aliphatic rings. The van der Waals surface area contributed by atoms with E-state index >= 15 is 0 Å². The van der Waals surface area contributed by atoms with Gasteiger partial charge < -0.3 is 15.8 Å². The lowest BCUT2D eigenvalue weighted by atomic mass is 9.92. The average molecular weight is 301 g/mol. The summed E-state index contributed by atoms with van der Waals surface area (Å²) in [6.45, 7) is 6.36. The number of methoxy groups -OCH3 is 1. The van der Waals surface area contributed by atoms with Gasteiger partial charge in [0, 0.05) is 13.7 Å². The Balaban J connectivity index is 0.00000361. The van der Waals surface area contributed by atoms with Gasteiger partial charge >= 0.3 is 0 Å². The number of benzene rings is 1. The standard InChI is InChI=1S/C15H24N2O2.ClH/c1-11-6-5-7-12(8-11)15(2,3)17-14(18)9-13(10-16)19-4;/h5-8,13H,9-10,16H2,1-4H3,(H,17,18);1H. The van der Waals surface area contributed by atoms with E-state index in [1.165, 1.54) is 5.56 Å². The third kappa shape index (κ3) is 5.49. The molecule has 0 aromatic heterocycles. The van der Waals surface area contributed by atoms with Crippen molar-refractivity contribution in [1.29, 1.82) is 0 Å².